The summed E-state index contributed by atoms with van der Waals surface area (Å²) < 4.78 is 12.6. The molecule has 1 aromatic heterocycles. The highest BCUT2D eigenvalue weighted by molar-refractivity contribution is 7.99. The molecule has 0 fully saturated rings. The molecule has 3 rings (SSSR count). The second kappa shape index (κ2) is 13.5. The highest BCUT2D eigenvalue weighted by atomic mass is 32.2. The largest absolute Gasteiger partial charge is 0.497 e. The number of carbonyl (C=O) groups excluding carboxylic acids is 2. The lowest BCUT2D eigenvalue weighted by Gasteiger charge is -2.22. The molecule has 0 radical (unpaired) electrons. The molecule has 0 aliphatic heterocycles. The first kappa shape index (κ1) is 27.8. The van der Waals surface area contributed by atoms with Crippen LogP contribution in [0.3, 0.4) is 0 Å². The number of nitrogens with zero attached hydrogens (tertiary/aromatic N) is 3. The Hall–Kier alpha value is -3.79. The third-order valence-electron chi connectivity index (χ3n) is 5.43. The van der Waals surface area contributed by atoms with E-state index in [4.69, 9.17) is 9.47 Å². The normalized spacial score (nSPS) is 11.6. The van der Waals surface area contributed by atoms with E-state index < -0.39 is 6.04 Å². The van der Waals surface area contributed by atoms with Gasteiger partial charge in [-0.15, -0.1) is 16.8 Å². The van der Waals surface area contributed by atoms with E-state index in [-0.39, 0.29) is 23.5 Å². The van der Waals surface area contributed by atoms with Crippen molar-refractivity contribution in [3.05, 3.63) is 72.6 Å². The van der Waals surface area contributed by atoms with Gasteiger partial charge in [-0.05, 0) is 49.2 Å². The molecule has 0 spiro atoms. The minimum Gasteiger partial charge on any atom is -0.497 e. The zero-order valence-electron chi connectivity index (χ0n) is 21.6. The number of hydrogen-bond donors (Lipinski definition) is 2. The van der Waals surface area contributed by atoms with E-state index in [1.807, 2.05) is 43.5 Å². The van der Waals surface area contributed by atoms with E-state index >= 15 is 0 Å². The summed E-state index contributed by atoms with van der Waals surface area (Å²) in [5, 5.41) is 15.2. The van der Waals surface area contributed by atoms with Crippen molar-refractivity contribution in [2.75, 3.05) is 24.8 Å². The molecule has 0 saturated heterocycles. The van der Waals surface area contributed by atoms with Gasteiger partial charge in [0.1, 0.15) is 11.5 Å². The van der Waals surface area contributed by atoms with Crippen molar-refractivity contribution in [3.8, 4) is 11.5 Å². The van der Waals surface area contributed by atoms with Gasteiger partial charge in [0.05, 0.1) is 31.2 Å². The van der Waals surface area contributed by atoms with Crippen LogP contribution in [0.1, 0.15) is 43.0 Å². The number of para-hydroxylation sites is 2. The van der Waals surface area contributed by atoms with Crippen molar-refractivity contribution in [2.45, 2.75) is 38.5 Å². The van der Waals surface area contributed by atoms with Crippen LogP contribution in [-0.2, 0) is 11.3 Å². The number of rotatable bonds is 13. The van der Waals surface area contributed by atoms with Gasteiger partial charge < -0.3 is 24.7 Å². The number of anilines is 1. The number of amides is 2. The molecule has 9 nitrogen and oxygen atoms in total. The van der Waals surface area contributed by atoms with Crippen molar-refractivity contribution in [2.24, 2.45) is 5.92 Å². The fourth-order valence-corrected chi connectivity index (χ4v) is 4.36. The molecular weight excluding hydrogens is 490 g/mol. The number of hydrogen-bond acceptors (Lipinski definition) is 7. The number of allylic oxidation sites excluding steroid dienone is 1. The molecule has 3 aromatic rings. The van der Waals surface area contributed by atoms with Gasteiger partial charge in [0.2, 0.25) is 5.91 Å². The molecule has 1 heterocycles. The summed E-state index contributed by atoms with van der Waals surface area (Å²) in [6.45, 7) is 10.7. The minimum atomic E-state index is -0.400. The Morgan fingerprint density at radius 3 is 2.51 bits per heavy atom. The summed E-state index contributed by atoms with van der Waals surface area (Å²) in [4.78, 5) is 25.7. The van der Waals surface area contributed by atoms with Crippen molar-refractivity contribution in [1.29, 1.82) is 0 Å². The second-order valence-corrected chi connectivity index (χ2v) is 9.37. The minimum absolute atomic E-state index is 0.0335. The van der Waals surface area contributed by atoms with E-state index in [1.165, 1.54) is 11.8 Å². The zero-order chi connectivity index (χ0) is 26.8. The molecule has 0 aliphatic rings. The number of aromatic nitrogens is 3. The lowest BCUT2D eigenvalue weighted by atomic mass is 10.0. The fourth-order valence-electron chi connectivity index (χ4n) is 3.60. The Balaban J connectivity index is 1.74. The van der Waals surface area contributed by atoms with E-state index in [2.05, 4.69) is 27.4 Å². The Labute approximate surface area is 221 Å². The third-order valence-corrected chi connectivity index (χ3v) is 6.40. The van der Waals surface area contributed by atoms with Crippen LogP contribution in [0.5, 0.6) is 11.5 Å². The predicted octanol–water partition coefficient (Wildman–Crippen LogP) is 4.73. The smallest absolute Gasteiger partial charge is 0.251 e. The maximum absolute atomic E-state index is 13.0. The average Bonchev–Trinajstić information content (AvgIpc) is 3.29. The van der Waals surface area contributed by atoms with Gasteiger partial charge in [-0.3, -0.25) is 9.59 Å². The first-order valence-corrected chi connectivity index (χ1v) is 13.0. The monoisotopic (exact) mass is 523 g/mol. The zero-order valence-corrected chi connectivity index (χ0v) is 22.4. The molecule has 10 heteroatoms. The molecule has 37 heavy (non-hydrogen) atoms. The molecular formula is C27H33N5O4S. The molecule has 2 N–H and O–H groups in total. The van der Waals surface area contributed by atoms with Crippen LogP contribution >= 0.6 is 11.8 Å². The van der Waals surface area contributed by atoms with Gasteiger partial charge in [-0.2, -0.15) is 0 Å². The van der Waals surface area contributed by atoms with E-state index in [9.17, 15) is 9.59 Å². The number of thioether (sulfide) groups is 1. The second-order valence-electron chi connectivity index (χ2n) is 8.43. The predicted molar refractivity (Wildman–Crippen MR) is 145 cm³/mol. The Kier molecular flexibility index (Phi) is 10.1. The lowest BCUT2D eigenvalue weighted by molar-refractivity contribution is -0.113. The van der Waals surface area contributed by atoms with Crippen LogP contribution < -0.4 is 20.1 Å². The van der Waals surface area contributed by atoms with Crippen LogP contribution in [0.25, 0.3) is 0 Å². The SMILES string of the molecule is C=CCn1c(SCC(=O)Nc2ccccc2OCC)nnc1[C@H](NC(=O)c1ccc(OC)cc1)C(C)C. The fraction of sp³-hybridized carbons (Fsp3) is 0.333. The standard InChI is InChI=1S/C27H33N5O4S/c1-6-16-32-25(24(18(3)4)29-26(34)19-12-14-20(35-5)15-13-19)30-31-27(32)37-17-23(33)28-21-10-8-9-11-22(21)36-7-2/h6,8-15,18,24H,1,7,16-17H2,2-5H3,(H,28,33)(H,29,34)/t24-/m1/s1. The molecule has 0 saturated carbocycles. The number of methoxy groups -OCH3 is 1. The van der Waals surface area contributed by atoms with E-state index in [0.29, 0.717) is 46.9 Å². The van der Waals surface area contributed by atoms with Gasteiger partial charge in [0, 0.05) is 12.1 Å². The number of benzene rings is 2. The highest BCUT2D eigenvalue weighted by Crippen LogP contribution is 2.27. The van der Waals surface area contributed by atoms with E-state index in [1.54, 1.807) is 43.5 Å². The number of carbonyl (C=O) groups is 2. The van der Waals surface area contributed by atoms with Crippen molar-refractivity contribution in [1.82, 2.24) is 20.1 Å². The van der Waals surface area contributed by atoms with Crippen LogP contribution in [0, 0.1) is 5.92 Å². The summed E-state index contributed by atoms with van der Waals surface area (Å²) in [6.07, 6.45) is 1.73. The van der Waals surface area contributed by atoms with Crippen LogP contribution in [0.4, 0.5) is 5.69 Å². The summed E-state index contributed by atoms with van der Waals surface area (Å²) in [5.74, 6) is 1.63. The average molecular weight is 524 g/mol. The number of ether oxygens (including phenoxy) is 2. The Morgan fingerprint density at radius 2 is 1.86 bits per heavy atom. The number of nitrogens with one attached hydrogen (secondary N) is 2. The first-order valence-electron chi connectivity index (χ1n) is 12.0. The topological polar surface area (TPSA) is 107 Å². The quantitative estimate of drug-likeness (QED) is 0.246. The molecule has 196 valence electrons. The van der Waals surface area contributed by atoms with Crippen LogP contribution in [-0.4, -0.2) is 46.0 Å². The summed E-state index contributed by atoms with van der Waals surface area (Å²) in [6, 6.07) is 13.8. The van der Waals surface area contributed by atoms with Crippen molar-refractivity contribution >= 4 is 29.3 Å². The third kappa shape index (κ3) is 7.36. The van der Waals surface area contributed by atoms with Gasteiger partial charge in [0.15, 0.2) is 11.0 Å². The maximum Gasteiger partial charge on any atom is 0.251 e. The molecule has 0 bridgehead atoms. The Bertz CT molecular complexity index is 1210. The maximum atomic E-state index is 13.0. The molecule has 0 unspecified atom stereocenters. The van der Waals surface area contributed by atoms with E-state index in [0.717, 1.165) is 0 Å². The summed E-state index contributed by atoms with van der Waals surface area (Å²) >= 11 is 1.26. The van der Waals surface area contributed by atoms with Gasteiger partial charge in [-0.1, -0.05) is 43.8 Å². The molecule has 1 atom stereocenters. The molecule has 2 aromatic carbocycles. The lowest BCUT2D eigenvalue weighted by Crippen LogP contribution is -2.33. The summed E-state index contributed by atoms with van der Waals surface area (Å²) in [5.41, 5.74) is 1.13. The highest BCUT2D eigenvalue weighted by Gasteiger charge is 2.26. The molecule has 2 amide bonds. The Morgan fingerprint density at radius 1 is 1.14 bits per heavy atom. The first-order chi connectivity index (χ1) is 17.9. The van der Waals surface area contributed by atoms with Gasteiger partial charge >= 0.3 is 0 Å². The van der Waals surface area contributed by atoms with Crippen molar-refractivity contribution < 1.29 is 19.1 Å². The molecule has 0 aliphatic carbocycles. The van der Waals surface area contributed by atoms with Crippen LogP contribution in [0.2, 0.25) is 0 Å². The van der Waals surface area contributed by atoms with Gasteiger partial charge in [0.25, 0.3) is 5.91 Å². The van der Waals surface area contributed by atoms with Crippen LogP contribution in [0.15, 0.2) is 66.3 Å². The van der Waals surface area contributed by atoms with Crippen molar-refractivity contribution in [3.63, 3.8) is 0 Å². The summed E-state index contributed by atoms with van der Waals surface area (Å²) in [7, 11) is 1.58. The van der Waals surface area contributed by atoms with Gasteiger partial charge in [-0.25, -0.2) is 0 Å².